The molecular formula is C31H36N8O6. The molecule has 14 nitrogen and oxygen atoms in total. The summed E-state index contributed by atoms with van der Waals surface area (Å²) in [5.74, 6) is 1.37. The number of nitrogens with one attached hydrogen (secondary N) is 2. The van der Waals surface area contributed by atoms with Crippen LogP contribution in [0.4, 0.5) is 23.0 Å². The zero-order valence-corrected chi connectivity index (χ0v) is 25.3. The summed E-state index contributed by atoms with van der Waals surface area (Å²) in [6.45, 7) is 3.82. The quantitative estimate of drug-likeness (QED) is 0.328. The van der Waals surface area contributed by atoms with Gasteiger partial charge in [0.15, 0.2) is 17.3 Å². The van der Waals surface area contributed by atoms with Gasteiger partial charge in [-0.05, 0) is 37.5 Å². The van der Waals surface area contributed by atoms with Gasteiger partial charge < -0.3 is 39.2 Å². The topological polar surface area (TPSA) is 153 Å². The number of nitrogens with zero attached hydrogens (tertiary/aromatic N) is 6. The summed E-state index contributed by atoms with van der Waals surface area (Å²) in [6, 6.07) is 7.04. The minimum Gasteiger partial charge on any atom is -0.493 e. The molecule has 1 aromatic carbocycles. The van der Waals surface area contributed by atoms with Crippen LogP contribution in [-0.4, -0.2) is 96.0 Å². The molecule has 0 aliphatic carbocycles. The number of morpholine rings is 1. The van der Waals surface area contributed by atoms with E-state index in [1.54, 1.807) is 42.2 Å². The van der Waals surface area contributed by atoms with Crippen LogP contribution < -0.4 is 25.0 Å². The van der Waals surface area contributed by atoms with Gasteiger partial charge in [0.1, 0.15) is 5.82 Å². The molecule has 6 rings (SSSR count). The third-order valence-electron chi connectivity index (χ3n) is 7.95. The number of amides is 3. The molecule has 2 saturated heterocycles. The van der Waals surface area contributed by atoms with Crippen LogP contribution in [0, 0.1) is 0 Å². The van der Waals surface area contributed by atoms with Gasteiger partial charge in [0.05, 0.1) is 56.1 Å². The number of ether oxygens (including phenoxy) is 3. The summed E-state index contributed by atoms with van der Waals surface area (Å²) in [5, 5.41) is 5.54. The van der Waals surface area contributed by atoms with Gasteiger partial charge in [-0.3, -0.25) is 19.4 Å². The smallest absolute Gasteiger partial charge is 0.291 e. The number of benzene rings is 1. The number of pyridine rings is 1. The molecule has 3 aliphatic heterocycles. The lowest BCUT2D eigenvalue weighted by atomic mass is 10.1. The van der Waals surface area contributed by atoms with E-state index in [1.807, 2.05) is 17.2 Å². The molecule has 1 atom stereocenters. The average molecular weight is 617 g/mol. The molecular weight excluding hydrogens is 580 g/mol. The lowest BCUT2D eigenvalue weighted by Gasteiger charge is -2.27. The predicted molar refractivity (Wildman–Crippen MR) is 167 cm³/mol. The lowest BCUT2D eigenvalue weighted by Crippen LogP contribution is -2.36. The number of aryl methyl sites for hydroxylation is 1. The van der Waals surface area contributed by atoms with Crippen LogP contribution in [-0.2, 0) is 16.6 Å². The monoisotopic (exact) mass is 616 g/mol. The summed E-state index contributed by atoms with van der Waals surface area (Å²) in [4.78, 5) is 55.8. The van der Waals surface area contributed by atoms with Crippen molar-refractivity contribution >= 4 is 46.9 Å². The van der Waals surface area contributed by atoms with Crippen molar-refractivity contribution in [2.24, 2.45) is 12.0 Å². The highest BCUT2D eigenvalue weighted by Crippen LogP contribution is 2.38. The maximum atomic E-state index is 13.1. The van der Waals surface area contributed by atoms with E-state index in [0.29, 0.717) is 54.6 Å². The zero-order valence-electron chi connectivity index (χ0n) is 25.3. The van der Waals surface area contributed by atoms with Gasteiger partial charge in [-0.1, -0.05) is 0 Å². The van der Waals surface area contributed by atoms with Crippen LogP contribution in [0.3, 0.4) is 0 Å². The minimum absolute atomic E-state index is 0.0128. The van der Waals surface area contributed by atoms with Gasteiger partial charge in [0, 0.05) is 51.6 Å². The first kappa shape index (κ1) is 30.1. The fourth-order valence-corrected chi connectivity index (χ4v) is 5.60. The van der Waals surface area contributed by atoms with Crippen LogP contribution >= 0.6 is 0 Å². The van der Waals surface area contributed by atoms with Gasteiger partial charge in [-0.25, -0.2) is 9.97 Å². The molecule has 45 heavy (non-hydrogen) atoms. The Labute approximate surface area is 260 Å². The minimum atomic E-state index is -0.423. The molecule has 236 valence electrons. The van der Waals surface area contributed by atoms with Crippen LogP contribution in [0.5, 0.6) is 11.5 Å². The molecule has 3 aromatic rings. The van der Waals surface area contributed by atoms with Crippen molar-refractivity contribution in [2.75, 3.05) is 62.1 Å². The first-order valence-corrected chi connectivity index (χ1v) is 15.0. The highest BCUT2D eigenvalue weighted by molar-refractivity contribution is 6.04. The number of aliphatic imine (C=N–C) groups is 1. The van der Waals surface area contributed by atoms with Crippen molar-refractivity contribution in [1.82, 2.24) is 19.4 Å². The second-order valence-corrected chi connectivity index (χ2v) is 11.0. The molecule has 2 fully saturated rings. The predicted octanol–water partition coefficient (Wildman–Crippen LogP) is 3.03. The number of imidazole rings is 1. The molecule has 14 heteroatoms. The first-order chi connectivity index (χ1) is 21.9. The number of aromatic nitrogens is 3. The maximum absolute atomic E-state index is 13.1. The summed E-state index contributed by atoms with van der Waals surface area (Å²) >= 11 is 0. The van der Waals surface area contributed by atoms with Gasteiger partial charge in [-0.15, -0.1) is 0 Å². The molecule has 5 heterocycles. The Morgan fingerprint density at radius 1 is 1.11 bits per heavy atom. The Morgan fingerprint density at radius 2 is 1.96 bits per heavy atom. The van der Waals surface area contributed by atoms with E-state index in [9.17, 15) is 14.4 Å². The van der Waals surface area contributed by atoms with Crippen LogP contribution in [0.25, 0.3) is 0 Å². The molecule has 3 aliphatic rings. The zero-order chi connectivity index (χ0) is 31.3. The molecule has 3 amide bonds. The molecule has 2 aromatic heterocycles. The van der Waals surface area contributed by atoms with E-state index in [4.69, 9.17) is 14.2 Å². The van der Waals surface area contributed by atoms with Crippen LogP contribution in [0.1, 0.15) is 46.7 Å². The molecule has 2 N–H and O–H groups in total. The lowest BCUT2D eigenvalue weighted by molar-refractivity contribution is -0.116. The van der Waals surface area contributed by atoms with Crippen LogP contribution in [0.15, 0.2) is 41.7 Å². The summed E-state index contributed by atoms with van der Waals surface area (Å²) in [7, 11) is 3.20. The number of anilines is 3. The third-order valence-corrected chi connectivity index (χ3v) is 7.95. The van der Waals surface area contributed by atoms with E-state index < -0.39 is 5.91 Å². The fourth-order valence-electron chi connectivity index (χ4n) is 5.60. The van der Waals surface area contributed by atoms with Crippen molar-refractivity contribution in [3.63, 3.8) is 0 Å². The maximum Gasteiger partial charge on any atom is 0.291 e. The van der Waals surface area contributed by atoms with Gasteiger partial charge >= 0.3 is 0 Å². The highest BCUT2D eigenvalue weighted by atomic mass is 16.5. The van der Waals surface area contributed by atoms with Crippen LogP contribution in [0.2, 0.25) is 0 Å². The number of hydrogen-bond donors (Lipinski definition) is 2. The van der Waals surface area contributed by atoms with Crippen molar-refractivity contribution < 1.29 is 28.6 Å². The second-order valence-electron chi connectivity index (χ2n) is 11.0. The fraction of sp³-hybridized carbons (Fsp3) is 0.419. The second kappa shape index (κ2) is 13.3. The largest absolute Gasteiger partial charge is 0.493 e. The number of hydrogen-bond acceptors (Lipinski definition) is 10. The Balaban J connectivity index is 0.992. The van der Waals surface area contributed by atoms with E-state index in [-0.39, 0.29) is 42.5 Å². The Kier molecular flexibility index (Phi) is 8.91. The van der Waals surface area contributed by atoms with Crippen molar-refractivity contribution in [3.8, 4) is 11.5 Å². The third kappa shape index (κ3) is 6.75. The summed E-state index contributed by atoms with van der Waals surface area (Å²) in [6.07, 6.45) is 7.45. The molecule has 0 spiro atoms. The molecule has 0 unspecified atom stereocenters. The Hall–Kier alpha value is -4.98. The van der Waals surface area contributed by atoms with E-state index in [2.05, 4.69) is 30.5 Å². The number of fused-ring (bicyclic) bond motifs is 2. The van der Waals surface area contributed by atoms with Gasteiger partial charge in [0.25, 0.3) is 11.8 Å². The molecule has 0 saturated carbocycles. The number of carbonyl (C=O) groups is 3. The van der Waals surface area contributed by atoms with Gasteiger partial charge in [0.2, 0.25) is 11.7 Å². The van der Waals surface area contributed by atoms with E-state index >= 15 is 0 Å². The van der Waals surface area contributed by atoms with Gasteiger partial charge in [-0.2, -0.15) is 0 Å². The van der Waals surface area contributed by atoms with Crippen molar-refractivity contribution in [3.05, 3.63) is 48.0 Å². The Bertz CT molecular complexity index is 1600. The number of methoxy groups -OCH3 is 1. The number of rotatable bonds is 10. The standard InChI is InChI=1S/C31H36N8O6/c1-37-19-26(36-29(37)30(41)34-20-7-8-27(33-17-20)38-10-13-44-14-11-38)35-28(40)6-4-12-45-25-16-23-22(15-24(25)43-2)31(42)39-9-3-5-21(39)18-32-23/h7-8,15-19,21H,3-6,9-14H2,1-2H3,(H,34,41)(H,35,40)/t21-/m0/s1. The normalized spacial score (nSPS) is 17.4. The summed E-state index contributed by atoms with van der Waals surface area (Å²) in [5.41, 5.74) is 1.57. The number of carbonyl (C=O) groups excluding carboxylic acids is 3. The van der Waals surface area contributed by atoms with Crippen molar-refractivity contribution in [1.29, 1.82) is 0 Å². The van der Waals surface area contributed by atoms with Crippen molar-refractivity contribution in [2.45, 2.75) is 31.7 Å². The molecule has 0 bridgehead atoms. The van der Waals surface area contributed by atoms with E-state index in [0.717, 1.165) is 31.7 Å². The Morgan fingerprint density at radius 3 is 2.73 bits per heavy atom. The average Bonchev–Trinajstić information content (AvgIpc) is 3.65. The SMILES string of the molecule is COc1cc2c(cc1OCCCC(=O)Nc1cn(C)c(C(=O)Nc3ccc(N4CCOCC4)nc3)n1)N=C[C@@H]1CCCN1C2=O. The first-order valence-electron chi connectivity index (χ1n) is 15.0. The highest BCUT2D eigenvalue weighted by Gasteiger charge is 2.32. The molecule has 0 radical (unpaired) electrons. The summed E-state index contributed by atoms with van der Waals surface area (Å²) < 4.78 is 18.3. The van der Waals surface area contributed by atoms with E-state index in [1.165, 1.54) is 7.11 Å².